The highest BCUT2D eigenvalue weighted by Crippen LogP contribution is 2.39. The molecule has 3 aromatic rings. The molecule has 28 heavy (non-hydrogen) atoms. The molecule has 6 rings (SSSR count). The Hall–Kier alpha value is -2.17. The Morgan fingerprint density at radius 3 is 2.71 bits per heavy atom. The van der Waals surface area contributed by atoms with Crippen molar-refractivity contribution in [3.63, 3.8) is 0 Å². The van der Waals surface area contributed by atoms with Gasteiger partial charge in [-0.05, 0) is 72.5 Å². The molecule has 0 radical (unpaired) electrons. The van der Waals surface area contributed by atoms with Gasteiger partial charge < -0.3 is 9.64 Å². The predicted molar refractivity (Wildman–Crippen MR) is 115 cm³/mol. The smallest absolute Gasteiger partial charge is 0.173 e. The summed E-state index contributed by atoms with van der Waals surface area (Å²) in [7, 11) is 1.69. The summed E-state index contributed by atoms with van der Waals surface area (Å²) in [5.41, 5.74) is 2.30. The molecule has 0 unspecified atom stereocenters. The standard InChI is InChI=1S/C24H25NO2S/c1-27-20-6-2-4-17(12-20)21-7-3-5-18-14-23(28-24(18)21)22(26)13-19-15-25-10-8-16(19)9-11-25/h2-7,12,14,16,19H,8-11,13,15H2,1H3/t19-/m1/s1. The summed E-state index contributed by atoms with van der Waals surface area (Å²) in [4.78, 5) is 16.5. The van der Waals surface area contributed by atoms with Crippen molar-refractivity contribution in [1.82, 2.24) is 4.90 Å². The van der Waals surface area contributed by atoms with Crippen LogP contribution in [0.15, 0.2) is 48.5 Å². The number of carbonyl (C=O) groups is 1. The Morgan fingerprint density at radius 2 is 1.96 bits per heavy atom. The second-order valence-electron chi connectivity index (χ2n) is 8.09. The fourth-order valence-corrected chi connectivity index (χ4v) is 6.02. The SMILES string of the molecule is COc1cccc(-c2cccc3cc(C(=O)C[C@@H]4CN5CCC4CC5)sc23)c1. The molecule has 2 bridgehead atoms. The molecule has 3 nitrogen and oxygen atoms in total. The third-order valence-corrected chi connectivity index (χ3v) is 7.66. The first-order valence-electron chi connectivity index (χ1n) is 10.1. The minimum absolute atomic E-state index is 0.316. The summed E-state index contributed by atoms with van der Waals surface area (Å²) in [6.07, 6.45) is 3.23. The maximum absolute atomic E-state index is 13.1. The number of rotatable bonds is 5. The van der Waals surface area contributed by atoms with Crippen LogP contribution in [-0.2, 0) is 0 Å². The van der Waals surface area contributed by atoms with E-state index in [1.54, 1.807) is 18.4 Å². The van der Waals surface area contributed by atoms with Gasteiger partial charge in [0.15, 0.2) is 5.78 Å². The van der Waals surface area contributed by atoms with Crippen molar-refractivity contribution in [2.24, 2.45) is 11.8 Å². The van der Waals surface area contributed by atoms with Gasteiger partial charge in [-0.3, -0.25) is 4.79 Å². The molecule has 1 atom stereocenters. The normalized spacial score (nSPS) is 23.8. The van der Waals surface area contributed by atoms with Crippen molar-refractivity contribution in [1.29, 1.82) is 0 Å². The molecule has 144 valence electrons. The van der Waals surface area contributed by atoms with Crippen LogP contribution in [0.3, 0.4) is 0 Å². The molecule has 3 aliphatic rings. The van der Waals surface area contributed by atoms with Gasteiger partial charge in [0.05, 0.1) is 12.0 Å². The summed E-state index contributed by atoms with van der Waals surface area (Å²) in [6, 6.07) is 16.5. The van der Waals surface area contributed by atoms with E-state index in [1.807, 2.05) is 12.1 Å². The van der Waals surface area contributed by atoms with E-state index in [-0.39, 0.29) is 0 Å². The molecule has 3 aliphatic heterocycles. The van der Waals surface area contributed by atoms with Gasteiger partial charge in [-0.25, -0.2) is 0 Å². The van der Waals surface area contributed by atoms with Gasteiger partial charge in [0, 0.05) is 17.7 Å². The van der Waals surface area contributed by atoms with Crippen molar-refractivity contribution in [2.75, 3.05) is 26.7 Å². The Kier molecular flexibility index (Phi) is 4.69. The van der Waals surface area contributed by atoms with Crippen LogP contribution in [-0.4, -0.2) is 37.4 Å². The summed E-state index contributed by atoms with van der Waals surface area (Å²) in [6.45, 7) is 3.56. The lowest BCUT2D eigenvalue weighted by Crippen LogP contribution is -2.47. The highest BCUT2D eigenvalue weighted by molar-refractivity contribution is 7.21. The third-order valence-electron chi connectivity index (χ3n) is 6.44. The maximum atomic E-state index is 13.1. The number of Topliss-reactive ketones (excluding diaryl/α,β-unsaturated/α-hetero) is 1. The lowest BCUT2D eigenvalue weighted by molar-refractivity contribution is 0.0442. The van der Waals surface area contributed by atoms with Gasteiger partial charge in [-0.2, -0.15) is 0 Å². The fraction of sp³-hybridized carbons (Fsp3) is 0.375. The molecule has 3 fully saturated rings. The van der Waals surface area contributed by atoms with Gasteiger partial charge in [0.1, 0.15) is 5.75 Å². The summed E-state index contributed by atoms with van der Waals surface area (Å²) < 4.78 is 6.57. The Bertz CT molecular complexity index is 1020. The number of ketones is 1. The zero-order valence-corrected chi connectivity index (χ0v) is 17.0. The van der Waals surface area contributed by atoms with E-state index in [2.05, 4.69) is 41.3 Å². The molecule has 2 aromatic carbocycles. The monoisotopic (exact) mass is 391 g/mol. The highest BCUT2D eigenvalue weighted by Gasteiger charge is 2.35. The average molecular weight is 392 g/mol. The second kappa shape index (κ2) is 7.34. The molecular weight excluding hydrogens is 366 g/mol. The van der Waals surface area contributed by atoms with E-state index in [0.717, 1.165) is 34.0 Å². The number of benzene rings is 2. The predicted octanol–water partition coefficient (Wildman–Crippen LogP) is 5.49. The summed E-state index contributed by atoms with van der Waals surface area (Å²) in [5.74, 6) is 2.45. The van der Waals surface area contributed by atoms with Gasteiger partial charge in [-0.1, -0.05) is 30.3 Å². The van der Waals surface area contributed by atoms with E-state index in [4.69, 9.17) is 4.74 Å². The van der Waals surface area contributed by atoms with E-state index < -0.39 is 0 Å². The molecule has 4 heteroatoms. The van der Waals surface area contributed by atoms with Gasteiger partial charge in [0.25, 0.3) is 0 Å². The average Bonchev–Trinajstić information content (AvgIpc) is 3.19. The van der Waals surface area contributed by atoms with Crippen molar-refractivity contribution in [3.05, 3.63) is 53.4 Å². The van der Waals surface area contributed by atoms with Crippen molar-refractivity contribution < 1.29 is 9.53 Å². The number of carbonyl (C=O) groups excluding carboxylic acids is 1. The Morgan fingerprint density at radius 1 is 1.14 bits per heavy atom. The number of piperidine rings is 3. The van der Waals surface area contributed by atoms with Crippen LogP contribution in [0.2, 0.25) is 0 Å². The number of nitrogens with zero attached hydrogens (tertiary/aromatic N) is 1. The molecule has 3 saturated heterocycles. The van der Waals surface area contributed by atoms with Crippen LogP contribution in [0.1, 0.15) is 28.9 Å². The Balaban J connectivity index is 1.44. The van der Waals surface area contributed by atoms with Gasteiger partial charge in [-0.15, -0.1) is 11.3 Å². The number of thiophene rings is 1. The maximum Gasteiger partial charge on any atom is 0.173 e. The number of hydrogen-bond acceptors (Lipinski definition) is 4. The highest BCUT2D eigenvalue weighted by atomic mass is 32.1. The molecule has 4 heterocycles. The lowest BCUT2D eigenvalue weighted by atomic mass is 9.76. The Labute approximate surface area is 169 Å². The van der Waals surface area contributed by atoms with Crippen molar-refractivity contribution in [3.8, 4) is 16.9 Å². The van der Waals surface area contributed by atoms with Crippen LogP contribution < -0.4 is 4.74 Å². The number of ether oxygens (including phenoxy) is 1. The number of fused-ring (bicyclic) bond motifs is 4. The first kappa shape index (κ1) is 17.9. The topological polar surface area (TPSA) is 29.5 Å². The van der Waals surface area contributed by atoms with Crippen molar-refractivity contribution >= 4 is 27.2 Å². The first-order chi connectivity index (χ1) is 13.7. The molecule has 0 saturated carbocycles. The van der Waals surface area contributed by atoms with Gasteiger partial charge in [0.2, 0.25) is 0 Å². The van der Waals surface area contributed by atoms with Crippen LogP contribution in [0.25, 0.3) is 21.2 Å². The largest absolute Gasteiger partial charge is 0.497 e. The zero-order chi connectivity index (χ0) is 19.1. The minimum Gasteiger partial charge on any atom is -0.497 e. The van der Waals surface area contributed by atoms with E-state index in [0.29, 0.717) is 18.1 Å². The van der Waals surface area contributed by atoms with Crippen LogP contribution in [0.5, 0.6) is 5.75 Å². The molecule has 0 amide bonds. The molecule has 0 aliphatic carbocycles. The lowest BCUT2D eigenvalue weighted by Gasteiger charge is -2.44. The zero-order valence-electron chi connectivity index (χ0n) is 16.2. The molecule has 1 aromatic heterocycles. The van der Waals surface area contributed by atoms with Crippen molar-refractivity contribution in [2.45, 2.75) is 19.3 Å². The summed E-state index contributed by atoms with van der Waals surface area (Å²) >= 11 is 1.64. The first-order valence-corrected chi connectivity index (χ1v) is 11.0. The van der Waals surface area contributed by atoms with Crippen LogP contribution in [0, 0.1) is 11.8 Å². The molecule has 0 N–H and O–H groups in total. The number of methoxy groups -OCH3 is 1. The quantitative estimate of drug-likeness (QED) is 0.539. The fourth-order valence-electron chi connectivity index (χ4n) is 4.88. The molecule has 0 spiro atoms. The number of hydrogen-bond donors (Lipinski definition) is 0. The van der Waals surface area contributed by atoms with Crippen LogP contribution >= 0.6 is 11.3 Å². The second-order valence-corrected chi connectivity index (χ2v) is 9.14. The third kappa shape index (κ3) is 3.25. The van der Waals surface area contributed by atoms with Gasteiger partial charge >= 0.3 is 0 Å². The van der Waals surface area contributed by atoms with E-state index in [9.17, 15) is 4.79 Å². The van der Waals surface area contributed by atoms with E-state index in [1.165, 1.54) is 36.2 Å². The molecular formula is C24H25NO2S. The minimum atomic E-state index is 0.316. The van der Waals surface area contributed by atoms with Crippen LogP contribution in [0.4, 0.5) is 0 Å². The van der Waals surface area contributed by atoms with E-state index >= 15 is 0 Å². The summed E-state index contributed by atoms with van der Waals surface area (Å²) in [5, 5.41) is 1.16.